The number of phenolic OH excluding ortho intramolecular Hbond substituents is 1. The van der Waals surface area contributed by atoms with Crippen LogP contribution in [0.15, 0.2) is 43.3 Å². The normalized spacial score (nSPS) is 25.0. The van der Waals surface area contributed by atoms with E-state index in [1.807, 2.05) is 6.21 Å². The number of allylic oxidation sites excluding steroid dienone is 4. The van der Waals surface area contributed by atoms with Crippen LogP contribution in [0.5, 0.6) is 5.75 Å². The van der Waals surface area contributed by atoms with Gasteiger partial charge in [-0.3, -0.25) is 19.6 Å². The monoisotopic (exact) mass is 534 g/mol. The predicted molar refractivity (Wildman–Crippen MR) is 141 cm³/mol. The Hall–Kier alpha value is -3.35. The number of hydrogen-bond acceptors (Lipinski definition) is 10. The van der Waals surface area contributed by atoms with E-state index in [-0.39, 0.29) is 23.3 Å². The maximum Gasteiger partial charge on any atom is 0.320 e. The van der Waals surface area contributed by atoms with E-state index in [4.69, 9.17) is 10.7 Å². The van der Waals surface area contributed by atoms with Crippen LogP contribution in [0.2, 0.25) is 0 Å². The van der Waals surface area contributed by atoms with Crippen LogP contribution in [0.3, 0.4) is 0 Å². The molecule has 0 radical (unpaired) electrons. The molecule has 12 heteroatoms. The van der Waals surface area contributed by atoms with Crippen molar-refractivity contribution in [1.29, 1.82) is 0 Å². The Bertz CT molecular complexity index is 1670. The second kappa shape index (κ2) is 7.83. The van der Waals surface area contributed by atoms with Crippen molar-refractivity contribution >= 4 is 58.4 Å². The molecule has 5 aliphatic rings. The van der Waals surface area contributed by atoms with E-state index in [1.165, 1.54) is 11.8 Å². The van der Waals surface area contributed by atoms with Crippen LogP contribution >= 0.6 is 23.5 Å². The van der Waals surface area contributed by atoms with Crippen LogP contribution in [0, 0.1) is 0 Å². The second-order valence-electron chi connectivity index (χ2n) is 9.72. The highest BCUT2D eigenvalue weighted by atomic mass is 32.2. The number of aromatic nitrogens is 2. The van der Waals surface area contributed by atoms with Crippen LogP contribution in [0.1, 0.15) is 24.1 Å². The highest BCUT2D eigenvalue weighted by Crippen LogP contribution is 2.65. The van der Waals surface area contributed by atoms with Crippen molar-refractivity contribution in [3.05, 3.63) is 50.1 Å². The number of ketones is 1. The largest absolute Gasteiger partial charge is 0.504 e. The molecule has 1 unspecified atom stereocenters. The summed E-state index contributed by atoms with van der Waals surface area (Å²) in [4.78, 5) is 40.1. The molecule has 0 amide bonds. The first-order chi connectivity index (χ1) is 17.8. The van der Waals surface area contributed by atoms with Gasteiger partial charge in [-0.05, 0) is 30.6 Å². The summed E-state index contributed by atoms with van der Waals surface area (Å²) in [5.74, 6) is -1.10. The number of phenols is 1. The maximum absolute atomic E-state index is 12.9. The fraction of sp³-hybridized carbons (Fsp3) is 0.320. The molecule has 5 N–H and O–H groups in total. The Balaban J connectivity index is 1.44. The number of carbonyl (C=O) groups is 2. The number of imidazole rings is 1. The predicted octanol–water partition coefficient (Wildman–Crippen LogP) is 1.24. The summed E-state index contributed by atoms with van der Waals surface area (Å²) in [5, 5.41) is 26.5. The fourth-order valence-electron chi connectivity index (χ4n) is 5.87. The van der Waals surface area contributed by atoms with Gasteiger partial charge in [0.2, 0.25) is 0 Å². The van der Waals surface area contributed by atoms with E-state index in [9.17, 15) is 19.8 Å². The van der Waals surface area contributed by atoms with Gasteiger partial charge in [-0.15, -0.1) is 11.8 Å². The molecule has 1 spiro atoms. The Morgan fingerprint density at radius 3 is 3.08 bits per heavy atom. The summed E-state index contributed by atoms with van der Waals surface area (Å²) < 4.78 is 1.77. The van der Waals surface area contributed by atoms with Gasteiger partial charge in [-0.25, -0.2) is 4.98 Å². The number of thioether (sulfide) groups is 2. The number of carboxylic acid groups (broad SMARTS) is 1. The molecular weight excluding hydrogens is 512 g/mol. The number of carbonyl (C=O) groups excluding carboxylic acids is 1. The third-order valence-corrected chi connectivity index (χ3v) is 10.1. The lowest BCUT2D eigenvalue weighted by Crippen LogP contribution is -2.45. The zero-order valence-corrected chi connectivity index (χ0v) is 21.3. The number of carboxylic acids is 1. The second-order valence-corrected chi connectivity index (χ2v) is 12.0. The molecule has 10 nitrogen and oxygen atoms in total. The van der Waals surface area contributed by atoms with Crippen LogP contribution in [0.25, 0.3) is 5.57 Å². The van der Waals surface area contributed by atoms with Crippen LogP contribution in [-0.2, 0) is 28.5 Å². The molecule has 1 aromatic heterocycles. The van der Waals surface area contributed by atoms with Crippen molar-refractivity contribution in [2.75, 3.05) is 11.9 Å². The zero-order chi connectivity index (χ0) is 25.6. The first-order valence-corrected chi connectivity index (χ1v) is 13.6. The Morgan fingerprint density at radius 2 is 2.27 bits per heavy atom. The quantitative estimate of drug-likeness (QED) is 0.415. The zero-order valence-electron chi connectivity index (χ0n) is 19.7. The Labute approximate surface area is 219 Å². The molecular formula is C25H22N6O4S2. The van der Waals surface area contributed by atoms with E-state index in [0.29, 0.717) is 35.1 Å². The smallest absolute Gasteiger partial charge is 0.320 e. The molecule has 188 valence electrons. The average Bonchev–Trinajstić information content (AvgIpc) is 3.53. The van der Waals surface area contributed by atoms with E-state index < -0.39 is 17.4 Å². The van der Waals surface area contributed by atoms with Crippen molar-refractivity contribution in [3.63, 3.8) is 0 Å². The van der Waals surface area contributed by atoms with Gasteiger partial charge in [0, 0.05) is 46.8 Å². The van der Waals surface area contributed by atoms with E-state index in [0.717, 1.165) is 37.9 Å². The third-order valence-electron chi connectivity index (χ3n) is 7.58. The minimum absolute atomic E-state index is 0.0501. The maximum atomic E-state index is 12.9. The number of hydrogen-bond donors (Lipinski definition) is 4. The third kappa shape index (κ3) is 3.09. The first-order valence-electron chi connectivity index (χ1n) is 11.9. The molecule has 2 aromatic rings. The van der Waals surface area contributed by atoms with E-state index >= 15 is 0 Å². The number of aromatic hydroxyl groups is 1. The SMILES string of the molecule is Cn1cnc(SC2=CC(=O)C=C3S[C@H]4C[C@@]23c2c(c(O)c3c5c2=NCCC=5C=N3)N4)c1CC(N)C(=O)O. The van der Waals surface area contributed by atoms with Gasteiger partial charge in [0.25, 0.3) is 0 Å². The van der Waals surface area contributed by atoms with Gasteiger partial charge in [0.05, 0.1) is 33.9 Å². The Kier molecular flexibility index (Phi) is 4.83. The molecule has 1 aliphatic carbocycles. The van der Waals surface area contributed by atoms with Gasteiger partial charge >= 0.3 is 5.97 Å². The number of fused-ring (bicyclic) bond motifs is 3. The lowest BCUT2D eigenvalue weighted by atomic mass is 9.71. The van der Waals surface area contributed by atoms with Crippen molar-refractivity contribution < 1.29 is 19.8 Å². The summed E-state index contributed by atoms with van der Waals surface area (Å²) >= 11 is 2.95. The van der Waals surface area contributed by atoms with Gasteiger partial charge in [-0.1, -0.05) is 11.8 Å². The minimum atomic E-state index is -1.09. The van der Waals surface area contributed by atoms with Crippen LogP contribution in [0.4, 0.5) is 11.4 Å². The summed E-state index contributed by atoms with van der Waals surface area (Å²) in [6, 6.07) is -1.08. The van der Waals surface area contributed by atoms with Crippen molar-refractivity contribution in [2.24, 2.45) is 22.8 Å². The molecule has 1 saturated heterocycles. The average molecular weight is 535 g/mol. The molecule has 5 heterocycles. The molecule has 3 atom stereocenters. The molecule has 2 bridgehead atoms. The van der Waals surface area contributed by atoms with Crippen LogP contribution < -0.4 is 21.6 Å². The number of anilines is 1. The fourth-order valence-corrected chi connectivity index (χ4v) is 8.73. The lowest BCUT2D eigenvalue weighted by molar-refractivity contribution is -0.138. The summed E-state index contributed by atoms with van der Waals surface area (Å²) in [6.07, 6.45) is 8.32. The van der Waals surface area contributed by atoms with Gasteiger partial charge in [0.1, 0.15) is 16.8 Å². The number of aliphatic carboxylic acids is 1. The van der Waals surface area contributed by atoms with Crippen molar-refractivity contribution in [1.82, 2.24) is 9.55 Å². The summed E-state index contributed by atoms with van der Waals surface area (Å²) in [7, 11) is 1.80. The van der Waals surface area contributed by atoms with Crippen LogP contribution in [-0.4, -0.2) is 55.7 Å². The van der Waals surface area contributed by atoms with Gasteiger partial charge < -0.3 is 25.8 Å². The summed E-state index contributed by atoms with van der Waals surface area (Å²) in [5.41, 5.74) is 8.95. The number of benzene rings is 1. The molecule has 37 heavy (non-hydrogen) atoms. The van der Waals surface area contributed by atoms with Gasteiger partial charge in [-0.2, -0.15) is 0 Å². The first kappa shape index (κ1) is 22.8. The topological polar surface area (TPSA) is 155 Å². The molecule has 4 aliphatic heterocycles. The van der Waals surface area contributed by atoms with E-state index in [2.05, 4.69) is 15.3 Å². The highest BCUT2D eigenvalue weighted by molar-refractivity contribution is 8.05. The molecule has 1 aromatic carbocycles. The highest BCUT2D eigenvalue weighted by Gasteiger charge is 2.56. The molecule has 0 saturated carbocycles. The van der Waals surface area contributed by atoms with E-state index in [1.54, 1.807) is 41.9 Å². The standard InChI is InChI=1S/C25H22N6O4S2/c1-31-9-29-23(13(31)6-12(26)24(34)35)37-15-5-11(32)4-14-25(15)7-16(36-14)30-21-18(25)19-17-10(2-3-27-19)8-28-20(17)22(21)33/h4-5,8-9,12,16,30,33H,2-3,6-7,26H2,1H3,(H,34,35)/t12?,16-,25-/m0/s1. The lowest BCUT2D eigenvalue weighted by Gasteiger charge is -2.39. The molecule has 1 fully saturated rings. The van der Waals surface area contributed by atoms with Gasteiger partial charge in [0.15, 0.2) is 11.5 Å². The molecule has 7 rings (SSSR count). The number of nitrogens with zero attached hydrogens (tertiary/aromatic N) is 4. The minimum Gasteiger partial charge on any atom is -0.504 e. The number of rotatable bonds is 5. The summed E-state index contributed by atoms with van der Waals surface area (Å²) in [6.45, 7) is 0.624. The van der Waals surface area contributed by atoms with Crippen molar-refractivity contribution in [2.45, 2.75) is 41.1 Å². The van der Waals surface area contributed by atoms with Crippen molar-refractivity contribution in [3.8, 4) is 5.75 Å². The number of aliphatic imine (C=N–C) groups is 1. The number of aryl methyl sites for hydroxylation is 1. The number of nitrogens with one attached hydrogen (secondary N) is 1. The number of nitrogens with two attached hydrogens (primary N) is 1. The Morgan fingerprint density at radius 1 is 1.43 bits per heavy atom.